The van der Waals surface area contributed by atoms with Gasteiger partial charge in [0.15, 0.2) is 0 Å². The zero-order valence-corrected chi connectivity index (χ0v) is 18.2. The van der Waals surface area contributed by atoms with E-state index in [0.717, 1.165) is 25.7 Å². The molecule has 0 saturated heterocycles. The highest BCUT2D eigenvalue weighted by molar-refractivity contribution is 5.85. The lowest BCUT2D eigenvalue weighted by Gasteiger charge is -2.66. The zero-order chi connectivity index (χ0) is 19.8. The molecule has 152 valence electrons. The van der Waals surface area contributed by atoms with Crippen LogP contribution in [0.25, 0.3) is 0 Å². The number of carbonyl (C=O) groups is 2. The molecule has 0 aromatic rings. The monoisotopic (exact) mass is 374 g/mol. The molecule has 0 N–H and O–H groups in total. The molecule has 4 aliphatic rings. The second-order valence-corrected chi connectivity index (χ2v) is 11.5. The minimum absolute atomic E-state index is 0.0795. The Morgan fingerprint density at radius 2 is 1.56 bits per heavy atom. The van der Waals surface area contributed by atoms with E-state index >= 15 is 0 Å². The van der Waals surface area contributed by atoms with Crippen LogP contribution in [0.2, 0.25) is 0 Å². The average Bonchev–Trinajstić information content (AvgIpc) is 2.83. The van der Waals surface area contributed by atoms with Crippen LogP contribution in [0.15, 0.2) is 0 Å². The Balaban J connectivity index is 1.68. The molecule has 0 spiro atoms. The topological polar surface area (TPSA) is 43.4 Å². The molecule has 0 aromatic carbocycles. The van der Waals surface area contributed by atoms with Crippen LogP contribution in [-0.4, -0.2) is 17.9 Å². The van der Waals surface area contributed by atoms with Crippen LogP contribution >= 0.6 is 0 Å². The summed E-state index contributed by atoms with van der Waals surface area (Å²) in [6.45, 7) is 13.4. The Labute approximate surface area is 165 Å². The summed E-state index contributed by atoms with van der Waals surface area (Å²) in [5, 5.41) is 0. The van der Waals surface area contributed by atoms with Crippen molar-refractivity contribution in [3.8, 4) is 0 Å². The Morgan fingerprint density at radius 3 is 2.22 bits per heavy atom. The highest BCUT2D eigenvalue weighted by Crippen LogP contribution is 2.72. The van der Waals surface area contributed by atoms with E-state index in [1.165, 1.54) is 25.7 Å². The maximum Gasteiger partial charge on any atom is 0.302 e. The standard InChI is InChI=1S/C24H38O3/c1-15(25)27-20-11-14-23(5)17-7-8-18-21(2,3)19(26)10-12-22(18,4)16(17)9-13-24(20,23)6/h16-18,20H,7-14H2,1-6H3. The first-order chi connectivity index (χ1) is 12.5. The molecule has 4 aliphatic carbocycles. The summed E-state index contributed by atoms with van der Waals surface area (Å²) in [5.74, 6) is 2.27. The second-order valence-electron chi connectivity index (χ2n) is 11.5. The van der Waals surface area contributed by atoms with Gasteiger partial charge < -0.3 is 4.74 Å². The maximum atomic E-state index is 12.7. The van der Waals surface area contributed by atoms with Gasteiger partial charge in [0.1, 0.15) is 11.9 Å². The van der Waals surface area contributed by atoms with Crippen LogP contribution in [-0.2, 0) is 14.3 Å². The molecule has 4 saturated carbocycles. The number of Topliss-reactive ketones (excluding diaryl/α,β-unsaturated/α-hetero) is 1. The first kappa shape index (κ1) is 19.5. The van der Waals surface area contributed by atoms with Crippen LogP contribution in [0.5, 0.6) is 0 Å². The van der Waals surface area contributed by atoms with E-state index < -0.39 is 0 Å². The van der Waals surface area contributed by atoms with E-state index in [4.69, 9.17) is 4.74 Å². The van der Waals surface area contributed by atoms with Crippen molar-refractivity contribution in [3.63, 3.8) is 0 Å². The van der Waals surface area contributed by atoms with E-state index in [0.29, 0.717) is 23.5 Å². The first-order valence-electron chi connectivity index (χ1n) is 11.2. The van der Waals surface area contributed by atoms with Gasteiger partial charge in [0.05, 0.1) is 0 Å². The van der Waals surface area contributed by atoms with Crippen molar-refractivity contribution in [1.82, 2.24) is 0 Å². The van der Waals surface area contributed by atoms with E-state index in [1.54, 1.807) is 6.92 Å². The summed E-state index contributed by atoms with van der Waals surface area (Å²) >= 11 is 0. The quantitative estimate of drug-likeness (QED) is 0.565. The van der Waals surface area contributed by atoms with Gasteiger partial charge in [0.25, 0.3) is 0 Å². The maximum absolute atomic E-state index is 12.7. The van der Waals surface area contributed by atoms with Crippen molar-refractivity contribution >= 4 is 11.8 Å². The smallest absolute Gasteiger partial charge is 0.302 e. The lowest BCUT2D eigenvalue weighted by Crippen LogP contribution is -2.61. The van der Waals surface area contributed by atoms with Crippen molar-refractivity contribution in [1.29, 1.82) is 0 Å². The predicted molar refractivity (Wildman–Crippen MR) is 106 cm³/mol. The Morgan fingerprint density at radius 1 is 0.889 bits per heavy atom. The fraction of sp³-hybridized carbons (Fsp3) is 0.917. The number of ketones is 1. The molecule has 0 bridgehead atoms. The number of carbonyl (C=O) groups excluding carboxylic acids is 2. The Kier molecular flexibility index (Phi) is 4.20. The molecule has 0 heterocycles. The summed E-state index contributed by atoms with van der Waals surface area (Å²) in [4.78, 5) is 24.4. The molecule has 0 aliphatic heterocycles. The van der Waals surface area contributed by atoms with Gasteiger partial charge in [0, 0.05) is 24.2 Å². The summed E-state index contributed by atoms with van der Waals surface area (Å²) in [6, 6.07) is 0. The summed E-state index contributed by atoms with van der Waals surface area (Å²) in [6.07, 6.45) is 8.89. The normalized spacial score (nSPS) is 51.1. The van der Waals surface area contributed by atoms with Gasteiger partial charge in [-0.1, -0.05) is 34.6 Å². The minimum Gasteiger partial charge on any atom is -0.462 e. The van der Waals surface area contributed by atoms with Gasteiger partial charge in [-0.05, 0) is 73.5 Å². The summed E-state index contributed by atoms with van der Waals surface area (Å²) < 4.78 is 5.82. The van der Waals surface area contributed by atoms with Gasteiger partial charge >= 0.3 is 5.97 Å². The molecule has 3 heteroatoms. The molecule has 0 amide bonds. The second kappa shape index (κ2) is 5.83. The van der Waals surface area contributed by atoms with Gasteiger partial charge in [-0.2, -0.15) is 0 Å². The molecule has 3 nitrogen and oxygen atoms in total. The van der Waals surface area contributed by atoms with E-state index in [-0.39, 0.29) is 33.7 Å². The van der Waals surface area contributed by atoms with Crippen molar-refractivity contribution in [2.24, 2.45) is 39.4 Å². The third-order valence-corrected chi connectivity index (χ3v) is 10.4. The molecule has 27 heavy (non-hydrogen) atoms. The molecular formula is C24H38O3. The predicted octanol–water partition coefficient (Wildman–Crippen LogP) is 5.56. The third kappa shape index (κ3) is 2.38. The molecule has 7 atom stereocenters. The molecule has 4 fully saturated rings. The van der Waals surface area contributed by atoms with Crippen LogP contribution < -0.4 is 0 Å². The number of hydrogen-bond donors (Lipinski definition) is 0. The summed E-state index contributed by atoms with van der Waals surface area (Å²) in [5.41, 5.74) is 0.457. The largest absolute Gasteiger partial charge is 0.462 e. The van der Waals surface area contributed by atoms with Gasteiger partial charge in [0.2, 0.25) is 0 Å². The number of fused-ring (bicyclic) bond motifs is 5. The Bertz CT molecular complexity index is 667. The van der Waals surface area contributed by atoms with Crippen molar-refractivity contribution < 1.29 is 14.3 Å². The summed E-state index contributed by atoms with van der Waals surface area (Å²) in [7, 11) is 0. The van der Waals surface area contributed by atoms with E-state index in [2.05, 4.69) is 34.6 Å². The van der Waals surface area contributed by atoms with Crippen molar-refractivity contribution in [2.45, 2.75) is 99.0 Å². The lowest BCUT2D eigenvalue weighted by molar-refractivity contribution is -0.192. The van der Waals surface area contributed by atoms with Crippen LogP contribution in [0, 0.1) is 39.4 Å². The SMILES string of the molecule is CC(=O)OC1CCC2(C)C3CCC4C(C)(C)C(=O)CCC4(C)C3CCC12C. The van der Waals surface area contributed by atoms with Crippen molar-refractivity contribution in [3.05, 3.63) is 0 Å². The fourth-order valence-corrected chi connectivity index (χ4v) is 8.64. The van der Waals surface area contributed by atoms with Gasteiger partial charge in [-0.15, -0.1) is 0 Å². The van der Waals surface area contributed by atoms with Crippen LogP contribution in [0.1, 0.15) is 92.9 Å². The highest BCUT2D eigenvalue weighted by Gasteiger charge is 2.68. The number of esters is 1. The minimum atomic E-state index is -0.171. The molecule has 7 unspecified atom stereocenters. The lowest BCUT2D eigenvalue weighted by atomic mass is 9.38. The molecule has 4 rings (SSSR count). The third-order valence-electron chi connectivity index (χ3n) is 10.4. The van der Waals surface area contributed by atoms with E-state index in [1.807, 2.05) is 0 Å². The fourth-order valence-electron chi connectivity index (χ4n) is 8.64. The molecule has 0 radical (unpaired) electrons. The van der Waals surface area contributed by atoms with Crippen LogP contribution in [0.4, 0.5) is 0 Å². The number of ether oxygens (including phenoxy) is 1. The number of hydrogen-bond acceptors (Lipinski definition) is 3. The first-order valence-corrected chi connectivity index (χ1v) is 11.2. The molecule has 0 aromatic heterocycles. The number of rotatable bonds is 1. The molecular weight excluding hydrogens is 336 g/mol. The Hall–Kier alpha value is -0.860. The van der Waals surface area contributed by atoms with Crippen molar-refractivity contribution in [2.75, 3.05) is 0 Å². The zero-order valence-electron chi connectivity index (χ0n) is 18.2. The van der Waals surface area contributed by atoms with Gasteiger partial charge in [-0.3, -0.25) is 9.59 Å². The van der Waals surface area contributed by atoms with Crippen LogP contribution in [0.3, 0.4) is 0 Å². The van der Waals surface area contributed by atoms with E-state index in [9.17, 15) is 9.59 Å². The van der Waals surface area contributed by atoms with Gasteiger partial charge in [-0.25, -0.2) is 0 Å². The highest BCUT2D eigenvalue weighted by atomic mass is 16.5. The average molecular weight is 375 g/mol.